The molecule has 3 nitrogen and oxygen atoms in total. The summed E-state index contributed by atoms with van der Waals surface area (Å²) in [7, 11) is -3.63. The van der Waals surface area contributed by atoms with Crippen molar-refractivity contribution < 1.29 is 8.42 Å². The zero-order chi connectivity index (χ0) is 7.33. The summed E-state index contributed by atoms with van der Waals surface area (Å²) in [6.45, 7) is 1.95. The van der Waals surface area contributed by atoms with Gasteiger partial charge in [0, 0.05) is 5.41 Å². The van der Waals surface area contributed by atoms with Gasteiger partial charge in [0.05, 0.1) is 0 Å². The summed E-state index contributed by atoms with van der Waals surface area (Å²) in [6, 6.07) is 0. The van der Waals surface area contributed by atoms with Crippen LogP contribution < -0.4 is 5.14 Å². The molecular formula is C5H10NO2S. The number of allylic oxidation sites excluding steroid dienone is 1. The first kappa shape index (κ1) is 8.65. The Morgan fingerprint density at radius 1 is 1.56 bits per heavy atom. The van der Waals surface area contributed by atoms with Gasteiger partial charge >= 0.3 is 0 Å². The molecule has 0 amide bonds. The van der Waals surface area contributed by atoms with E-state index in [0.29, 0.717) is 0 Å². The molecule has 0 saturated carbocycles. The smallest absolute Gasteiger partial charge is 0.206 e. The molecule has 0 saturated heterocycles. The van der Waals surface area contributed by atoms with Crippen molar-refractivity contribution in [3.05, 3.63) is 11.5 Å². The maximum absolute atomic E-state index is 10.1. The molecule has 0 fully saturated rings. The number of rotatable bonds is 3. The normalized spacial score (nSPS) is 12.7. The second-order valence-corrected chi connectivity index (χ2v) is 3.07. The van der Waals surface area contributed by atoms with Crippen molar-refractivity contribution in [1.29, 1.82) is 0 Å². The molecule has 1 N–H and O–H groups in total. The lowest BCUT2D eigenvalue weighted by Gasteiger charge is -1.82. The molecule has 9 heavy (non-hydrogen) atoms. The molecule has 0 aliphatic carbocycles. The predicted molar refractivity (Wildman–Crippen MR) is 36.1 cm³/mol. The van der Waals surface area contributed by atoms with Gasteiger partial charge in [0.25, 0.3) is 0 Å². The highest BCUT2D eigenvalue weighted by Gasteiger charge is 1.91. The van der Waals surface area contributed by atoms with Gasteiger partial charge in [-0.2, -0.15) is 0 Å². The van der Waals surface area contributed by atoms with Gasteiger partial charge in [-0.05, 0) is 6.42 Å². The Morgan fingerprint density at radius 2 is 2.11 bits per heavy atom. The second kappa shape index (κ2) is 3.63. The van der Waals surface area contributed by atoms with E-state index >= 15 is 0 Å². The van der Waals surface area contributed by atoms with Gasteiger partial charge in [-0.15, -0.1) is 5.14 Å². The highest BCUT2D eigenvalue weighted by atomic mass is 32.2. The summed E-state index contributed by atoms with van der Waals surface area (Å²) in [5, 5.41) is 7.31. The number of sulfonamides is 1. The molecule has 0 aromatic heterocycles. The van der Waals surface area contributed by atoms with Crippen molar-refractivity contribution in [2.45, 2.75) is 19.8 Å². The lowest BCUT2D eigenvalue weighted by Crippen LogP contribution is -1.92. The van der Waals surface area contributed by atoms with E-state index in [1.165, 1.54) is 6.08 Å². The average molecular weight is 148 g/mol. The van der Waals surface area contributed by atoms with Gasteiger partial charge < -0.3 is 0 Å². The van der Waals surface area contributed by atoms with Crippen LogP contribution in [-0.2, 0) is 10.0 Å². The van der Waals surface area contributed by atoms with Gasteiger partial charge in [-0.25, -0.2) is 8.42 Å². The Labute approximate surface area is 55.6 Å². The number of nitrogens with one attached hydrogen (secondary N) is 1. The van der Waals surface area contributed by atoms with Crippen LogP contribution in [0.2, 0.25) is 0 Å². The maximum atomic E-state index is 10.1. The molecule has 0 aromatic carbocycles. The first-order valence-corrected chi connectivity index (χ1v) is 4.27. The van der Waals surface area contributed by atoms with E-state index in [1.807, 2.05) is 6.92 Å². The zero-order valence-electron chi connectivity index (χ0n) is 5.29. The van der Waals surface area contributed by atoms with Crippen LogP contribution in [0.4, 0.5) is 0 Å². The van der Waals surface area contributed by atoms with Crippen LogP contribution in [0.1, 0.15) is 19.8 Å². The molecule has 0 aromatic rings. The molecule has 0 heterocycles. The summed E-state index contributed by atoms with van der Waals surface area (Å²) in [6.07, 6.45) is 3.12. The van der Waals surface area contributed by atoms with Gasteiger partial charge in [0.2, 0.25) is 10.0 Å². The van der Waals surface area contributed by atoms with Gasteiger partial charge in [-0.3, -0.25) is 0 Å². The van der Waals surface area contributed by atoms with Crippen LogP contribution in [0, 0.1) is 0 Å². The van der Waals surface area contributed by atoms with E-state index < -0.39 is 10.0 Å². The molecule has 0 unspecified atom stereocenters. The molecule has 0 atom stereocenters. The molecule has 53 valence electrons. The fourth-order valence-electron chi connectivity index (χ4n) is 0.361. The standard InChI is InChI=1S/C5H10NO2S/c1-2-3-4-5-9(6,7)8/h4-6H,2-3H2,1H3. The first-order chi connectivity index (χ1) is 4.06. The van der Waals surface area contributed by atoms with E-state index in [0.717, 1.165) is 18.2 Å². The van der Waals surface area contributed by atoms with Crippen molar-refractivity contribution >= 4 is 10.0 Å². The van der Waals surface area contributed by atoms with Gasteiger partial charge in [-0.1, -0.05) is 19.4 Å². The minimum Gasteiger partial charge on any atom is -0.206 e. The molecular weight excluding hydrogens is 138 g/mol. The molecule has 4 heteroatoms. The Morgan fingerprint density at radius 3 is 2.44 bits per heavy atom. The van der Waals surface area contributed by atoms with Crippen LogP contribution in [0.15, 0.2) is 11.5 Å². The summed E-state index contributed by atoms with van der Waals surface area (Å²) < 4.78 is 20.2. The molecule has 0 aliphatic heterocycles. The van der Waals surface area contributed by atoms with Gasteiger partial charge in [0.1, 0.15) is 0 Å². The van der Waals surface area contributed by atoms with Crippen LogP contribution in [-0.4, -0.2) is 8.42 Å². The lowest BCUT2D eigenvalue weighted by atomic mass is 10.3. The Hall–Kier alpha value is -0.350. The predicted octanol–water partition coefficient (Wildman–Crippen LogP) is 0.913. The number of unbranched alkanes of at least 4 members (excludes halogenated alkanes) is 1. The lowest BCUT2D eigenvalue weighted by molar-refractivity contribution is 0.604. The third kappa shape index (κ3) is 7.65. The van der Waals surface area contributed by atoms with E-state index in [1.54, 1.807) is 0 Å². The SMILES string of the molecule is CCCC=CS([NH])(=O)=O. The van der Waals surface area contributed by atoms with Crippen LogP contribution >= 0.6 is 0 Å². The fraction of sp³-hybridized carbons (Fsp3) is 0.600. The maximum Gasteiger partial charge on any atom is 0.246 e. The third-order valence-electron chi connectivity index (χ3n) is 0.731. The zero-order valence-corrected chi connectivity index (χ0v) is 6.11. The van der Waals surface area contributed by atoms with E-state index in [4.69, 9.17) is 5.14 Å². The Kier molecular flexibility index (Phi) is 3.49. The first-order valence-electron chi connectivity index (χ1n) is 2.72. The van der Waals surface area contributed by atoms with E-state index in [-0.39, 0.29) is 0 Å². The monoisotopic (exact) mass is 148 g/mol. The number of hydrogen-bond donors (Lipinski definition) is 0. The summed E-state index contributed by atoms with van der Waals surface area (Å²) in [5.41, 5.74) is 0. The fourth-order valence-corrected chi connectivity index (χ4v) is 0.751. The van der Waals surface area contributed by atoms with Crippen molar-refractivity contribution in [3.8, 4) is 0 Å². The molecule has 0 aliphatic rings. The van der Waals surface area contributed by atoms with Crippen molar-refractivity contribution in [3.63, 3.8) is 0 Å². The Bertz CT molecular complexity index is 181. The van der Waals surface area contributed by atoms with Gasteiger partial charge in [0.15, 0.2) is 0 Å². The molecule has 1 radical (unpaired) electrons. The largest absolute Gasteiger partial charge is 0.246 e. The highest BCUT2D eigenvalue weighted by Crippen LogP contribution is 1.90. The summed E-state index contributed by atoms with van der Waals surface area (Å²) in [5.74, 6) is 0. The van der Waals surface area contributed by atoms with Crippen molar-refractivity contribution in [2.75, 3.05) is 0 Å². The molecule has 0 bridgehead atoms. The third-order valence-corrected chi connectivity index (χ3v) is 1.28. The van der Waals surface area contributed by atoms with E-state index in [2.05, 4.69) is 0 Å². The molecule has 0 spiro atoms. The van der Waals surface area contributed by atoms with Crippen LogP contribution in [0.3, 0.4) is 0 Å². The number of hydrogen-bond acceptors (Lipinski definition) is 2. The molecule has 0 rings (SSSR count). The summed E-state index contributed by atoms with van der Waals surface area (Å²) >= 11 is 0. The highest BCUT2D eigenvalue weighted by molar-refractivity contribution is 7.91. The van der Waals surface area contributed by atoms with E-state index in [9.17, 15) is 8.42 Å². The minimum absolute atomic E-state index is 0.720. The van der Waals surface area contributed by atoms with Crippen molar-refractivity contribution in [2.24, 2.45) is 0 Å². The Balaban J connectivity index is 3.73. The topological polar surface area (TPSA) is 57.9 Å². The summed E-state index contributed by atoms with van der Waals surface area (Å²) in [4.78, 5) is 0. The minimum atomic E-state index is -3.63. The second-order valence-electron chi connectivity index (χ2n) is 1.71. The van der Waals surface area contributed by atoms with Crippen LogP contribution in [0.5, 0.6) is 0 Å². The van der Waals surface area contributed by atoms with Crippen molar-refractivity contribution in [1.82, 2.24) is 5.14 Å². The van der Waals surface area contributed by atoms with Crippen LogP contribution in [0.25, 0.3) is 0 Å². The quantitative estimate of drug-likeness (QED) is 0.597. The average Bonchev–Trinajstić information content (AvgIpc) is 1.63.